The number of aliphatic carboxylic acids is 1. The van der Waals surface area contributed by atoms with Gasteiger partial charge in [0.15, 0.2) is 6.61 Å². The third kappa shape index (κ3) is 5.12. The molecule has 40 heavy (non-hydrogen) atoms. The molecule has 9 nitrogen and oxygen atoms in total. The van der Waals surface area contributed by atoms with Gasteiger partial charge in [0.05, 0.1) is 12.0 Å². The number of nitrogens with zero attached hydrogens (tertiary/aromatic N) is 2. The van der Waals surface area contributed by atoms with Crippen molar-refractivity contribution in [2.24, 2.45) is 11.8 Å². The molecule has 1 N–H and O–H groups in total. The van der Waals surface area contributed by atoms with Crippen molar-refractivity contribution in [1.29, 1.82) is 0 Å². The second-order valence-electron chi connectivity index (χ2n) is 10.8. The number of rotatable bonds is 8. The zero-order valence-corrected chi connectivity index (χ0v) is 23.7. The first-order chi connectivity index (χ1) is 19.3. The first kappa shape index (κ1) is 26.9. The highest BCUT2D eigenvalue weighted by Crippen LogP contribution is 2.49. The van der Waals surface area contributed by atoms with Crippen molar-refractivity contribution in [3.8, 4) is 22.8 Å². The summed E-state index contributed by atoms with van der Waals surface area (Å²) >= 11 is 6.92. The van der Waals surface area contributed by atoms with Gasteiger partial charge in [0, 0.05) is 30.3 Å². The number of carbonyl (C=O) groups excluding carboxylic acids is 2. The van der Waals surface area contributed by atoms with E-state index in [1.807, 2.05) is 4.90 Å². The zero-order chi connectivity index (χ0) is 28.0. The van der Waals surface area contributed by atoms with E-state index in [1.165, 1.54) is 43.0 Å². The SMILES string of the molecule is COc1cc(OCC(=O)N2CCC[C@H]2C(=O)O)cc(-c2ccc(C=C3SC(=S)N(C4CC5CCC4C5)C3=O)o2)c1. The summed E-state index contributed by atoms with van der Waals surface area (Å²) in [5, 5.41) is 9.36. The van der Waals surface area contributed by atoms with Crippen LogP contribution in [0.25, 0.3) is 17.4 Å². The lowest BCUT2D eigenvalue weighted by molar-refractivity contribution is -0.148. The van der Waals surface area contributed by atoms with Crippen molar-refractivity contribution in [3.63, 3.8) is 0 Å². The Morgan fingerprint density at radius 3 is 2.73 bits per heavy atom. The Hall–Kier alpha value is -3.31. The number of thiocarbonyl (C=S) groups is 1. The van der Waals surface area contributed by atoms with Crippen molar-refractivity contribution >= 4 is 52.2 Å². The van der Waals surface area contributed by atoms with Crippen molar-refractivity contribution in [2.45, 2.75) is 50.6 Å². The second-order valence-corrected chi connectivity index (χ2v) is 12.4. The first-order valence-corrected chi connectivity index (χ1v) is 14.7. The van der Waals surface area contributed by atoms with E-state index in [0.29, 0.717) is 69.0 Å². The molecule has 3 unspecified atom stereocenters. The van der Waals surface area contributed by atoms with Gasteiger partial charge in [-0.3, -0.25) is 14.5 Å². The number of methoxy groups -OCH3 is 1. The number of benzene rings is 1. The van der Waals surface area contributed by atoms with Crippen LogP contribution in [-0.4, -0.2) is 69.4 Å². The summed E-state index contributed by atoms with van der Waals surface area (Å²) in [5.41, 5.74) is 0.667. The Balaban J connectivity index is 1.16. The van der Waals surface area contributed by atoms with Crippen LogP contribution in [0.4, 0.5) is 0 Å². The molecule has 6 rings (SSSR count). The maximum Gasteiger partial charge on any atom is 0.326 e. The third-order valence-corrected chi connectivity index (χ3v) is 9.71. The van der Waals surface area contributed by atoms with Crippen molar-refractivity contribution in [3.05, 3.63) is 41.0 Å². The van der Waals surface area contributed by atoms with Crippen LogP contribution in [0.1, 0.15) is 44.3 Å². The molecular weight excluding hydrogens is 552 g/mol. The molecule has 1 aromatic carbocycles. The molecule has 2 amide bonds. The van der Waals surface area contributed by atoms with Gasteiger partial charge < -0.3 is 23.9 Å². The van der Waals surface area contributed by atoms with Gasteiger partial charge in [-0.2, -0.15) is 0 Å². The lowest BCUT2D eigenvalue weighted by Crippen LogP contribution is -2.42. The highest BCUT2D eigenvalue weighted by molar-refractivity contribution is 8.26. The molecule has 2 saturated carbocycles. The van der Waals surface area contributed by atoms with Gasteiger partial charge in [0.2, 0.25) is 0 Å². The number of carboxylic acid groups (broad SMARTS) is 1. The lowest BCUT2D eigenvalue weighted by atomic mass is 9.94. The number of hydrogen-bond acceptors (Lipinski definition) is 8. The normalized spacial score (nSPS) is 26.8. The molecule has 2 saturated heterocycles. The number of furan rings is 1. The molecule has 1 aromatic heterocycles. The Bertz CT molecular complexity index is 1400. The van der Waals surface area contributed by atoms with Gasteiger partial charge in [-0.1, -0.05) is 30.4 Å². The molecular formula is C29H30N2O7S2. The topological polar surface area (TPSA) is 110 Å². The van der Waals surface area contributed by atoms with Gasteiger partial charge in [0.1, 0.15) is 33.4 Å². The minimum absolute atomic E-state index is 0.0460. The number of thioether (sulfide) groups is 1. The number of ether oxygens (including phenoxy) is 2. The molecule has 0 spiro atoms. The number of fused-ring (bicyclic) bond motifs is 2. The van der Waals surface area contributed by atoms with E-state index in [-0.39, 0.29) is 24.5 Å². The number of carbonyl (C=O) groups is 3. The quantitative estimate of drug-likeness (QED) is 0.347. The number of carboxylic acids is 1. The van der Waals surface area contributed by atoms with Crippen LogP contribution in [0.3, 0.4) is 0 Å². The van der Waals surface area contributed by atoms with Crippen LogP contribution in [0, 0.1) is 11.8 Å². The summed E-state index contributed by atoms with van der Waals surface area (Å²) in [4.78, 5) is 41.1. The minimum atomic E-state index is -1.00. The fourth-order valence-corrected chi connectivity index (χ4v) is 7.83. The van der Waals surface area contributed by atoms with Crippen molar-refractivity contribution in [1.82, 2.24) is 9.80 Å². The maximum atomic E-state index is 13.3. The molecule has 3 heterocycles. The Morgan fingerprint density at radius 1 is 1.18 bits per heavy atom. The molecule has 11 heteroatoms. The highest BCUT2D eigenvalue weighted by atomic mass is 32.2. The van der Waals surface area contributed by atoms with E-state index in [4.69, 9.17) is 26.1 Å². The van der Waals surface area contributed by atoms with E-state index in [9.17, 15) is 19.5 Å². The van der Waals surface area contributed by atoms with E-state index < -0.39 is 12.0 Å². The largest absolute Gasteiger partial charge is 0.497 e. The zero-order valence-electron chi connectivity index (χ0n) is 22.0. The highest BCUT2D eigenvalue weighted by Gasteiger charge is 2.48. The lowest BCUT2D eigenvalue weighted by Gasteiger charge is -2.30. The van der Waals surface area contributed by atoms with Crippen LogP contribution in [0.2, 0.25) is 0 Å². The predicted octanol–water partition coefficient (Wildman–Crippen LogP) is 4.80. The van der Waals surface area contributed by atoms with Gasteiger partial charge in [-0.15, -0.1) is 0 Å². The number of hydrogen-bond donors (Lipinski definition) is 1. The van der Waals surface area contributed by atoms with Gasteiger partial charge >= 0.3 is 5.97 Å². The molecule has 0 radical (unpaired) electrons. The smallest absolute Gasteiger partial charge is 0.326 e. The molecule has 4 fully saturated rings. The maximum absolute atomic E-state index is 13.3. The van der Waals surface area contributed by atoms with Gasteiger partial charge in [0.25, 0.3) is 11.8 Å². The van der Waals surface area contributed by atoms with Crippen LogP contribution in [-0.2, 0) is 14.4 Å². The fraction of sp³-hybridized carbons (Fsp3) is 0.448. The molecule has 210 valence electrons. The van der Waals surface area contributed by atoms with E-state index in [1.54, 1.807) is 36.4 Å². The van der Waals surface area contributed by atoms with Crippen molar-refractivity contribution < 1.29 is 33.4 Å². The number of likely N-dealkylation sites (tertiary alicyclic amines) is 1. The summed E-state index contributed by atoms with van der Waals surface area (Å²) in [7, 11) is 1.53. The number of amides is 2. The van der Waals surface area contributed by atoms with Crippen molar-refractivity contribution in [2.75, 3.05) is 20.3 Å². The van der Waals surface area contributed by atoms with Gasteiger partial charge in [-0.05, 0) is 68.2 Å². The molecule has 4 atom stereocenters. The summed E-state index contributed by atoms with van der Waals surface area (Å²) in [6.45, 7) is 0.114. The molecule has 4 aliphatic rings. The summed E-state index contributed by atoms with van der Waals surface area (Å²) < 4.78 is 17.9. The Kier molecular flexibility index (Phi) is 7.35. The Morgan fingerprint density at radius 2 is 2.00 bits per heavy atom. The predicted molar refractivity (Wildman–Crippen MR) is 153 cm³/mol. The van der Waals surface area contributed by atoms with E-state index in [0.717, 1.165) is 6.42 Å². The third-order valence-electron chi connectivity index (χ3n) is 8.38. The molecule has 2 aliphatic carbocycles. The van der Waals surface area contributed by atoms with Crippen LogP contribution in [0.15, 0.2) is 39.7 Å². The minimum Gasteiger partial charge on any atom is -0.497 e. The molecule has 2 aromatic rings. The fourth-order valence-electron chi connectivity index (χ4n) is 6.47. The summed E-state index contributed by atoms with van der Waals surface area (Å²) in [6, 6.07) is 8.16. The van der Waals surface area contributed by atoms with Gasteiger partial charge in [-0.25, -0.2) is 4.79 Å². The average molecular weight is 583 g/mol. The standard InChI is InChI=1S/C29H30N2O7S2/c1-36-20-11-18(12-21(13-20)37-15-26(32)30-8-2-3-22(30)28(34)35)24-7-6-19(38-24)14-25-27(33)31(29(39)40-25)23-10-16-4-5-17(23)9-16/h6-7,11-14,16-17,22-23H,2-5,8-10,15H2,1H3,(H,34,35)/t16?,17?,22-,23?/m0/s1. The monoisotopic (exact) mass is 582 g/mol. The second kappa shape index (κ2) is 10.9. The van der Waals surface area contributed by atoms with Crippen LogP contribution < -0.4 is 9.47 Å². The first-order valence-electron chi connectivity index (χ1n) is 13.5. The van der Waals surface area contributed by atoms with E-state index >= 15 is 0 Å². The van der Waals surface area contributed by atoms with E-state index in [2.05, 4.69) is 0 Å². The van der Waals surface area contributed by atoms with Crippen LogP contribution >= 0.6 is 24.0 Å². The average Bonchev–Trinajstić information content (AvgIpc) is 3.77. The Labute approximate surface area is 241 Å². The summed E-state index contributed by atoms with van der Waals surface area (Å²) in [6.07, 6.45) is 7.51. The van der Waals surface area contributed by atoms with Crippen LogP contribution in [0.5, 0.6) is 11.5 Å². The molecule has 2 aliphatic heterocycles. The summed E-state index contributed by atoms with van der Waals surface area (Å²) in [5.74, 6) is 1.80. The molecule has 2 bridgehead atoms.